The molecule has 23 heavy (non-hydrogen) atoms. The monoisotopic (exact) mass is 322 g/mol. The average molecular weight is 322 g/mol. The molecule has 4 unspecified atom stereocenters. The third-order valence-electron chi connectivity index (χ3n) is 6.71. The summed E-state index contributed by atoms with van der Waals surface area (Å²) in [5.74, 6) is 1.25. The molecule has 0 aromatic rings. The van der Waals surface area contributed by atoms with E-state index in [0.29, 0.717) is 30.7 Å². The zero-order valence-electron chi connectivity index (χ0n) is 13.5. The van der Waals surface area contributed by atoms with Crippen molar-refractivity contribution in [1.82, 2.24) is 10.2 Å². The molecule has 0 aromatic carbocycles. The van der Waals surface area contributed by atoms with Crippen LogP contribution in [0.15, 0.2) is 0 Å². The molecule has 1 saturated heterocycles. The number of hydrogen-bond donors (Lipinski definition) is 4. The summed E-state index contributed by atoms with van der Waals surface area (Å²) in [7, 11) is -1.47. The van der Waals surface area contributed by atoms with Crippen LogP contribution in [0, 0.1) is 17.8 Å². The predicted octanol–water partition coefficient (Wildman–Crippen LogP) is -0.481. The normalized spacial score (nSPS) is 44.8. The summed E-state index contributed by atoms with van der Waals surface area (Å²) in [4.78, 5) is 14.0. The van der Waals surface area contributed by atoms with Gasteiger partial charge in [0.2, 0.25) is 5.91 Å². The maximum Gasteiger partial charge on any atom is 0.475 e. The molecule has 1 aliphatic heterocycles. The van der Waals surface area contributed by atoms with Gasteiger partial charge in [-0.15, -0.1) is 0 Å². The summed E-state index contributed by atoms with van der Waals surface area (Å²) >= 11 is 0. The molecule has 0 spiro atoms. The maximum atomic E-state index is 12.5. The van der Waals surface area contributed by atoms with Gasteiger partial charge < -0.3 is 25.4 Å². The second-order valence-corrected chi connectivity index (χ2v) is 8.28. The fraction of sp³-hybridized carbons (Fsp3) is 0.938. The Kier molecular flexibility index (Phi) is 3.95. The Morgan fingerprint density at radius 2 is 1.91 bits per heavy atom. The standard InChI is InChI=1S/C16H27BN2O4/c20-14(19-3-1-2-13(19)17(22)23)9-18-15-12-5-10-4-11(6-12)8-16(15,21)7-10/h10-13,15,18,21-23H,1-9H2. The van der Waals surface area contributed by atoms with Crippen molar-refractivity contribution in [2.45, 2.75) is 62.5 Å². The van der Waals surface area contributed by atoms with Crippen LogP contribution in [0.25, 0.3) is 0 Å². The van der Waals surface area contributed by atoms with E-state index in [0.717, 1.165) is 19.3 Å². The van der Waals surface area contributed by atoms with Crippen molar-refractivity contribution in [3.8, 4) is 0 Å². The summed E-state index contributed by atoms with van der Waals surface area (Å²) in [6.07, 6.45) is 6.81. The van der Waals surface area contributed by atoms with E-state index in [9.17, 15) is 19.9 Å². The van der Waals surface area contributed by atoms with Crippen LogP contribution >= 0.6 is 0 Å². The minimum atomic E-state index is -1.47. The number of nitrogens with one attached hydrogen (secondary N) is 1. The van der Waals surface area contributed by atoms with Gasteiger partial charge in [0.1, 0.15) is 0 Å². The van der Waals surface area contributed by atoms with Crippen molar-refractivity contribution in [2.24, 2.45) is 17.8 Å². The number of amides is 1. The minimum Gasteiger partial charge on any atom is -0.426 e. The first-order valence-electron chi connectivity index (χ1n) is 9.07. The van der Waals surface area contributed by atoms with Crippen LogP contribution in [0.1, 0.15) is 44.9 Å². The second-order valence-electron chi connectivity index (χ2n) is 8.28. The number of rotatable bonds is 4. The summed E-state index contributed by atoms with van der Waals surface area (Å²) in [6, 6.07) is 0.0133. The van der Waals surface area contributed by atoms with E-state index >= 15 is 0 Å². The summed E-state index contributed by atoms with van der Waals surface area (Å²) in [6.45, 7) is 0.771. The van der Waals surface area contributed by atoms with Crippen LogP contribution in [-0.2, 0) is 4.79 Å². The zero-order chi connectivity index (χ0) is 16.2. The fourth-order valence-corrected chi connectivity index (χ4v) is 6.07. The first-order valence-corrected chi connectivity index (χ1v) is 9.07. The highest BCUT2D eigenvalue weighted by Crippen LogP contribution is 2.55. The van der Waals surface area contributed by atoms with Crippen molar-refractivity contribution in [1.29, 1.82) is 0 Å². The fourth-order valence-electron chi connectivity index (χ4n) is 6.07. The largest absolute Gasteiger partial charge is 0.475 e. The van der Waals surface area contributed by atoms with Crippen LogP contribution < -0.4 is 5.32 Å². The lowest BCUT2D eigenvalue weighted by atomic mass is 9.52. The highest BCUT2D eigenvalue weighted by molar-refractivity contribution is 6.43. The van der Waals surface area contributed by atoms with E-state index < -0.39 is 18.7 Å². The number of carbonyl (C=O) groups excluding carboxylic acids is 1. The molecular weight excluding hydrogens is 295 g/mol. The number of carbonyl (C=O) groups is 1. The van der Waals surface area contributed by atoms with E-state index in [2.05, 4.69) is 5.32 Å². The van der Waals surface area contributed by atoms with Crippen molar-refractivity contribution in [2.75, 3.05) is 13.1 Å². The lowest BCUT2D eigenvalue weighted by molar-refractivity contribution is -0.152. The van der Waals surface area contributed by atoms with E-state index in [1.54, 1.807) is 4.90 Å². The molecule has 7 heteroatoms. The number of nitrogens with zero attached hydrogens (tertiary/aromatic N) is 1. The van der Waals surface area contributed by atoms with E-state index in [-0.39, 0.29) is 18.5 Å². The molecule has 4 aliphatic carbocycles. The highest BCUT2D eigenvalue weighted by atomic mass is 16.4. The molecule has 0 radical (unpaired) electrons. The molecule has 4 saturated carbocycles. The first kappa shape index (κ1) is 15.9. The minimum absolute atomic E-state index is 0.0133. The Balaban J connectivity index is 1.38. The molecule has 5 fully saturated rings. The summed E-state index contributed by atoms with van der Waals surface area (Å²) in [5, 5.41) is 33.1. The third-order valence-corrected chi connectivity index (χ3v) is 6.71. The van der Waals surface area contributed by atoms with Gasteiger partial charge in [0.25, 0.3) is 0 Å². The van der Waals surface area contributed by atoms with Crippen LogP contribution in [0.4, 0.5) is 0 Å². The second kappa shape index (κ2) is 5.72. The lowest BCUT2D eigenvalue weighted by Gasteiger charge is -2.59. The highest BCUT2D eigenvalue weighted by Gasteiger charge is 2.56. The van der Waals surface area contributed by atoms with Crippen LogP contribution in [-0.4, -0.2) is 63.8 Å². The summed E-state index contributed by atoms with van der Waals surface area (Å²) in [5.41, 5.74) is -0.643. The predicted molar refractivity (Wildman–Crippen MR) is 85.2 cm³/mol. The van der Waals surface area contributed by atoms with Gasteiger partial charge in [-0.2, -0.15) is 0 Å². The summed E-state index contributed by atoms with van der Waals surface area (Å²) < 4.78 is 0. The Morgan fingerprint density at radius 1 is 1.22 bits per heavy atom. The molecular formula is C16H27BN2O4. The van der Waals surface area contributed by atoms with Crippen LogP contribution in [0.3, 0.4) is 0 Å². The topological polar surface area (TPSA) is 93.0 Å². The van der Waals surface area contributed by atoms with Crippen molar-refractivity contribution in [3.05, 3.63) is 0 Å². The molecule has 4 bridgehead atoms. The number of likely N-dealkylation sites (tertiary alicyclic amines) is 1. The Hall–Kier alpha value is -0.625. The third kappa shape index (κ3) is 2.71. The average Bonchev–Trinajstić information content (AvgIpc) is 2.94. The molecule has 1 heterocycles. The van der Waals surface area contributed by atoms with E-state index in [1.165, 1.54) is 19.3 Å². The molecule has 1 amide bonds. The van der Waals surface area contributed by atoms with Crippen molar-refractivity contribution in [3.63, 3.8) is 0 Å². The van der Waals surface area contributed by atoms with Gasteiger partial charge in [-0.1, -0.05) is 0 Å². The lowest BCUT2D eigenvalue weighted by Crippen LogP contribution is -2.66. The molecule has 0 aromatic heterocycles. The molecule has 5 rings (SSSR count). The maximum absolute atomic E-state index is 12.5. The van der Waals surface area contributed by atoms with E-state index in [4.69, 9.17) is 0 Å². The van der Waals surface area contributed by atoms with Gasteiger partial charge in [0, 0.05) is 12.6 Å². The van der Waals surface area contributed by atoms with Gasteiger partial charge in [0.15, 0.2) is 0 Å². The Bertz CT molecular complexity index is 475. The number of hydrogen-bond acceptors (Lipinski definition) is 5. The van der Waals surface area contributed by atoms with Crippen LogP contribution in [0.2, 0.25) is 0 Å². The zero-order valence-corrected chi connectivity index (χ0v) is 13.5. The molecule has 4 N–H and O–H groups in total. The van der Waals surface area contributed by atoms with Gasteiger partial charge in [-0.3, -0.25) is 4.79 Å². The number of aliphatic hydroxyl groups is 1. The van der Waals surface area contributed by atoms with Crippen molar-refractivity contribution >= 4 is 13.0 Å². The Morgan fingerprint density at radius 3 is 2.52 bits per heavy atom. The van der Waals surface area contributed by atoms with E-state index in [1.807, 2.05) is 0 Å². The smallest absolute Gasteiger partial charge is 0.426 e. The molecule has 4 atom stereocenters. The molecule has 6 nitrogen and oxygen atoms in total. The molecule has 128 valence electrons. The van der Waals surface area contributed by atoms with Gasteiger partial charge >= 0.3 is 7.12 Å². The first-order chi connectivity index (χ1) is 11.0. The SMILES string of the molecule is O=C(CNC1C2CC3CC(C2)CC1(O)C3)N1CCCC1B(O)O. The molecule has 5 aliphatic rings. The van der Waals surface area contributed by atoms with Gasteiger partial charge in [-0.05, 0) is 62.7 Å². The quantitative estimate of drug-likeness (QED) is 0.525. The van der Waals surface area contributed by atoms with Crippen molar-refractivity contribution < 1.29 is 19.9 Å². The van der Waals surface area contributed by atoms with Gasteiger partial charge in [-0.25, -0.2) is 0 Å². The van der Waals surface area contributed by atoms with Gasteiger partial charge in [0.05, 0.1) is 18.1 Å². The van der Waals surface area contributed by atoms with Crippen LogP contribution in [0.5, 0.6) is 0 Å². The Labute approximate surface area is 137 Å².